The molecular weight excluding hydrogens is 467 g/mol. The third-order valence-corrected chi connectivity index (χ3v) is 7.03. The number of ether oxygens (including phenoxy) is 2. The summed E-state index contributed by atoms with van der Waals surface area (Å²) in [6.07, 6.45) is 1.38. The van der Waals surface area contributed by atoms with Gasteiger partial charge in [-0.15, -0.1) is 11.3 Å². The van der Waals surface area contributed by atoms with Gasteiger partial charge in [-0.1, -0.05) is 24.3 Å². The maximum atomic E-state index is 13.6. The van der Waals surface area contributed by atoms with Crippen molar-refractivity contribution in [2.45, 2.75) is 18.9 Å². The maximum absolute atomic E-state index is 13.6. The number of nitrogens with zero attached hydrogens (tertiary/aromatic N) is 2. The number of benzene rings is 2. The zero-order valence-electron chi connectivity index (χ0n) is 19.7. The van der Waals surface area contributed by atoms with Crippen molar-refractivity contribution in [3.05, 3.63) is 87.9 Å². The van der Waals surface area contributed by atoms with E-state index in [2.05, 4.69) is 0 Å². The zero-order valence-corrected chi connectivity index (χ0v) is 20.5. The normalized spacial score (nSPS) is 14.9. The minimum atomic E-state index is -0.374. The molecule has 0 spiro atoms. The number of halogens is 1. The SMILES string of the molecule is COCCCN(CC(=O)N1CCc2sccc2[C@H]1COc1cccc(F)c1)C(=O)c1ccccc1. The van der Waals surface area contributed by atoms with Crippen LogP contribution < -0.4 is 4.74 Å². The van der Waals surface area contributed by atoms with Crippen LogP contribution in [0, 0.1) is 5.82 Å². The van der Waals surface area contributed by atoms with E-state index in [1.165, 1.54) is 17.0 Å². The van der Waals surface area contributed by atoms with E-state index in [0.717, 1.165) is 12.0 Å². The van der Waals surface area contributed by atoms with Gasteiger partial charge in [0.05, 0.1) is 6.04 Å². The monoisotopic (exact) mass is 496 g/mol. The van der Waals surface area contributed by atoms with Gasteiger partial charge in [0.25, 0.3) is 5.91 Å². The van der Waals surface area contributed by atoms with Crippen molar-refractivity contribution in [2.75, 3.05) is 40.0 Å². The second kappa shape index (κ2) is 12.0. The quantitative estimate of drug-likeness (QED) is 0.386. The number of fused-ring (bicyclic) bond motifs is 1. The molecule has 2 aromatic carbocycles. The molecule has 1 aromatic heterocycles. The number of amides is 2. The van der Waals surface area contributed by atoms with Gasteiger partial charge in [-0.3, -0.25) is 9.59 Å². The van der Waals surface area contributed by atoms with Gasteiger partial charge in [0.1, 0.15) is 24.7 Å². The summed E-state index contributed by atoms with van der Waals surface area (Å²) in [7, 11) is 1.61. The lowest BCUT2D eigenvalue weighted by molar-refractivity contribution is -0.135. The van der Waals surface area contributed by atoms with Crippen LogP contribution >= 0.6 is 11.3 Å². The van der Waals surface area contributed by atoms with Gasteiger partial charge in [-0.25, -0.2) is 4.39 Å². The van der Waals surface area contributed by atoms with Gasteiger partial charge in [-0.2, -0.15) is 0 Å². The van der Waals surface area contributed by atoms with E-state index in [-0.39, 0.29) is 36.8 Å². The maximum Gasteiger partial charge on any atom is 0.254 e. The van der Waals surface area contributed by atoms with Crippen LogP contribution in [-0.4, -0.2) is 61.6 Å². The Labute approximate surface area is 208 Å². The Morgan fingerprint density at radius 1 is 1.14 bits per heavy atom. The Balaban J connectivity index is 1.51. The first-order valence-electron chi connectivity index (χ1n) is 11.6. The molecule has 6 nitrogen and oxygen atoms in total. The van der Waals surface area contributed by atoms with Crippen LogP contribution in [0.3, 0.4) is 0 Å². The van der Waals surface area contributed by atoms with E-state index in [1.807, 2.05) is 29.6 Å². The Bertz CT molecular complexity index is 1140. The van der Waals surface area contributed by atoms with Crippen molar-refractivity contribution in [2.24, 2.45) is 0 Å². The Morgan fingerprint density at radius 3 is 2.74 bits per heavy atom. The highest BCUT2D eigenvalue weighted by Crippen LogP contribution is 2.34. The summed E-state index contributed by atoms with van der Waals surface area (Å²) in [6, 6.07) is 16.7. The van der Waals surface area contributed by atoms with Crippen molar-refractivity contribution in [3.8, 4) is 5.75 Å². The van der Waals surface area contributed by atoms with E-state index in [9.17, 15) is 14.0 Å². The lowest BCUT2D eigenvalue weighted by atomic mass is 10.0. The molecule has 8 heteroatoms. The summed E-state index contributed by atoms with van der Waals surface area (Å²) in [5.41, 5.74) is 1.59. The highest BCUT2D eigenvalue weighted by atomic mass is 32.1. The van der Waals surface area contributed by atoms with Crippen LogP contribution in [0.15, 0.2) is 66.0 Å². The number of hydrogen-bond acceptors (Lipinski definition) is 5. The molecule has 2 heterocycles. The first-order valence-corrected chi connectivity index (χ1v) is 12.5. The van der Waals surface area contributed by atoms with Crippen molar-refractivity contribution in [3.63, 3.8) is 0 Å². The molecule has 0 aliphatic carbocycles. The van der Waals surface area contributed by atoms with Gasteiger partial charge in [0.2, 0.25) is 5.91 Å². The third kappa shape index (κ3) is 6.26. The molecule has 35 heavy (non-hydrogen) atoms. The Morgan fingerprint density at radius 2 is 1.97 bits per heavy atom. The highest BCUT2D eigenvalue weighted by Gasteiger charge is 2.33. The van der Waals surface area contributed by atoms with E-state index >= 15 is 0 Å². The summed E-state index contributed by atoms with van der Waals surface area (Å²) >= 11 is 1.66. The van der Waals surface area contributed by atoms with Gasteiger partial charge < -0.3 is 19.3 Å². The minimum absolute atomic E-state index is 0.0343. The molecule has 0 N–H and O–H groups in total. The Kier molecular flexibility index (Phi) is 8.50. The van der Waals surface area contributed by atoms with Crippen LogP contribution in [0.4, 0.5) is 4.39 Å². The summed E-state index contributed by atoms with van der Waals surface area (Å²) in [5, 5.41) is 2.02. The van der Waals surface area contributed by atoms with Crippen LogP contribution in [0.5, 0.6) is 5.75 Å². The fraction of sp³-hybridized carbons (Fsp3) is 0.333. The van der Waals surface area contributed by atoms with Crippen molar-refractivity contribution >= 4 is 23.2 Å². The number of rotatable bonds is 10. The number of hydrogen-bond donors (Lipinski definition) is 0. The fourth-order valence-corrected chi connectivity index (χ4v) is 5.20. The predicted octanol–water partition coefficient (Wildman–Crippen LogP) is 4.57. The van der Waals surface area contributed by atoms with Gasteiger partial charge >= 0.3 is 0 Å². The molecule has 0 radical (unpaired) electrons. The van der Waals surface area contributed by atoms with E-state index in [4.69, 9.17) is 9.47 Å². The molecule has 0 fully saturated rings. The molecule has 2 amide bonds. The molecular formula is C27H29FN2O4S. The molecule has 184 valence electrons. The van der Waals surface area contributed by atoms with Gasteiger partial charge in [0.15, 0.2) is 0 Å². The molecule has 1 aliphatic heterocycles. The molecule has 0 saturated heterocycles. The number of thiophene rings is 1. The lowest BCUT2D eigenvalue weighted by Crippen LogP contribution is -2.48. The predicted molar refractivity (Wildman–Crippen MR) is 133 cm³/mol. The van der Waals surface area contributed by atoms with E-state index in [1.54, 1.807) is 52.5 Å². The second-order valence-electron chi connectivity index (χ2n) is 8.36. The first kappa shape index (κ1) is 24.9. The summed E-state index contributed by atoms with van der Waals surface area (Å²) in [5.74, 6) is -0.283. The topological polar surface area (TPSA) is 59.1 Å². The Hall–Kier alpha value is -3.23. The number of carbonyl (C=O) groups is 2. The summed E-state index contributed by atoms with van der Waals surface area (Å²) in [4.78, 5) is 31.4. The smallest absolute Gasteiger partial charge is 0.254 e. The summed E-state index contributed by atoms with van der Waals surface area (Å²) in [6.45, 7) is 1.62. The molecule has 0 unspecified atom stereocenters. The number of carbonyl (C=O) groups excluding carboxylic acids is 2. The average molecular weight is 497 g/mol. The largest absolute Gasteiger partial charge is 0.491 e. The zero-order chi connectivity index (χ0) is 24.6. The van der Waals surface area contributed by atoms with Crippen LogP contribution in [-0.2, 0) is 16.0 Å². The molecule has 3 aromatic rings. The van der Waals surface area contributed by atoms with Crippen LogP contribution in [0.25, 0.3) is 0 Å². The van der Waals surface area contributed by atoms with Crippen LogP contribution in [0.1, 0.15) is 33.3 Å². The average Bonchev–Trinajstić information content (AvgIpc) is 3.36. The van der Waals surface area contributed by atoms with Crippen molar-refractivity contribution in [1.29, 1.82) is 0 Å². The van der Waals surface area contributed by atoms with Crippen LogP contribution in [0.2, 0.25) is 0 Å². The highest BCUT2D eigenvalue weighted by molar-refractivity contribution is 7.10. The molecule has 1 atom stereocenters. The third-order valence-electron chi connectivity index (χ3n) is 6.03. The molecule has 1 aliphatic rings. The standard InChI is InChI=1S/C27H29FN2O4S/c1-33-15-6-13-29(27(32)20-7-3-2-4-8-20)18-26(31)30-14-11-25-23(12-16-35-25)24(30)19-34-22-10-5-9-21(28)17-22/h2-5,7-10,12,16-17,24H,6,11,13-15,18-19H2,1H3/t24-/m1/s1. The van der Waals surface area contributed by atoms with Gasteiger partial charge in [0, 0.05) is 43.3 Å². The molecule has 0 saturated carbocycles. The molecule has 4 rings (SSSR count). The van der Waals surface area contributed by atoms with Crippen molar-refractivity contribution in [1.82, 2.24) is 9.80 Å². The number of methoxy groups -OCH3 is 1. The first-order chi connectivity index (χ1) is 17.1. The van der Waals surface area contributed by atoms with E-state index < -0.39 is 0 Å². The summed E-state index contributed by atoms with van der Waals surface area (Å²) < 4.78 is 24.7. The second-order valence-corrected chi connectivity index (χ2v) is 9.36. The lowest BCUT2D eigenvalue weighted by Gasteiger charge is -2.37. The van der Waals surface area contributed by atoms with E-state index in [0.29, 0.717) is 37.4 Å². The minimum Gasteiger partial charge on any atom is -0.491 e. The fourth-order valence-electron chi connectivity index (χ4n) is 4.28. The molecule has 0 bridgehead atoms. The van der Waals surface area contributed by atoms with Gasteiger partial charge in [-0.05, 0) is 54.1 Å². The van der Waals surface area contributed by atoms with Crippen molar-refractivity contribution < 1.29 is 23.5 Å².